The van der Waals surface area contributed by atoms with E-state index in [0.717, 1.165) is 87.4 Å². The van der Waals surface area contributed by atoms with E-state index in [0.29, 0.717) is 42.6 Å². The number of alkyl halides is 2. The number of nitrogen functional groups attached to an aromatic ring is 1. The van der Waals surface area contributed by atoms with E-state index < -0.39 is 62.7 Å². The van der Waals surface area contributed by atoms with Gasteiger partial charge in [-0.25, -0.2) is 13.8 Å². The van der Waals surface area contributed by atoms with Crippen molar-refractivity contribution in [1.29, 1.82) is 10.5 Å². The molecule has 5 aromatic carbocycles. The molecule has 667 valence electrons. The van der Waals surface area contributed by atoms with Crippen molar-refractivity contribution < 1.29 is 23.4 Å². The lowest BCUT2D eigenvalue weighted by molar-refractivity contribution is 0.112. The summed E-state index contributed by atoms with van der Waals surface area (Å²) in [7, 11) is 58.4. The number of nitrogens with two attached hydrogens (primary N) is 2. The number of aryl methyl sites for hydroxylation is 3. The quantitative estimate of drug-likeness (QED) is 0.0109. The van der Waals surface area contributed by atoms with Crippen molar-refractivity contribution in [2.45, 2.75) is 109 Å². The molecule has 0 spiro atoms. The molecule has 11 aromatic rings. The number of hydrogen-bond donors (Lipinski definition) is 8. The molecule has 1 unspecified atom stereocenters. The number of pyridine rings is 2. The van der Waals surface area contributed by atoms with E-state index in [2.05, 4.69) is 234 Å². The number of aromatic nitrogens is 9. The molecule has 0 aliphatic rings. The van der Waals surface area contributed by atoms with Gasteiger partial charge >= 0.3 is 0 Å². The number of aromatic amines is 3. The van der Waals surface area contributed by atoms with Gasteiger partial charge in [0.25, 0.3) is 11.1 Å². The average molecular weight is 1890 g/mol. The summed E-state index contributed by atoms with van der Waals surface area (Å²) in [6, 6.07) is 39.4. The standard InChI is InChI=1S/C19H4.C12H12N4S.C11H8N2O2S.C10H12N4S.C9H6FN.C9H11N3.C8H4FNO.C4H8Cl2O.C4H10O.5CH4.B19/c1-3-5-7-9-11-13-15-17-19-18-16-14-12-10-8-6-4-2;1-2-8-3-4-10-9(7-8)11(16-15-10)14-12-13-5-6-17-12;14-9-5-1-3-7-12(9)11(16)13-8-4-2-6-10(13)15;1-2-6-3-4-8-7(5-6)9(14-13-8)12-10(11)15;1-2-7-3-4-9(10)8(5-7)6-11;1-2-6-3-4-8-7(5-6)9(10)12-11-8;9-8-2-1-6(5-11)3-7(8)4-10;1-2-7-4(6)3-5;1-2-3-4-5;;;;;;1-11-16(10)19(17(12(2)3)13(4)5)18(14(6)7)15(8)9/h1-2H2;3-7H,2H2,1H3,(H2,13,14,15,16);1-8H;3-5H,2H2,1H3,(H4,11,12,13,14,15);2-5H,1H2;3-5H,2H2,1H3,(H3,10,11,12);1-3,5H;4H,2-3H2,1H3;5H,2-4H2,1H3;5*1H4;. The Balaban J connectivity index is -0.000000725. The Kier molecular flexibility index (Phi) is 73.0. The molecular weight excluding hydrogens is 1790 g/mol. The zero-order valence-electron chi connectivity index (χ0n) is 73.0. The first kappa shape index (κ1) is 131. The largest absolute Gasteiger partial charge is 0.396 e. The highest BCUT2D eigenvalue weighted by Crippen LogP contribution is 2.27. The molecule has 21 radical (unpaired) electrons. The number of anilines is 4. The van der Waals surface area contributed by atoms with Gasteiger partial charge in [0.15, 0.2) is 32.8 Å². The molecule has 10 N–H and O–H groups in total. The zero-order valence-corrected chi connectivity index (χ0v) is 76.9. The van der Waals surface area contributed by atoms with Crippen LogP contribution in [0.1, 0.15) is 128 Å². The van der Waals surface area contributed by atoms with Crippen molar-refractivity contribution in [3.8, 4) is 12.1 Å². The van der Waals surface area contributed by atoms with Crippen LogP contribution in [0.15, 0.2) is 278 Å². The van der Waals surface area contributed by atoms with Crippen LogP contribution in [-0.4, -0.2) is 226 Å². The number of thiazole rings is 1. The summed E-state index contributed by atoms with van der Waals surface area (Å²) in [6.07, 6.45) is 6.34. The third-order valence-corrected chi connectivity index (χ3v) is 19.0. The normalized spacial score (nSPS) is 8.82. The van der Waals surface area contributed by atoms with Crippen molar-refractivity contribution in [2.75, 3.05) is 35.5 Å². The fraction of sp³-hybridized carbons (Fsp3) is 0.209. The smallest absolute Gasteiger partial charge is 0.256 e. The van der Waals surface area contributed by atoms with Gasteiger partial charge in [0.05, 0.1) is 33.6 Å². The number of rotatable bonds is 21. The molecular formula is C91H95B19Cl2F2N15O5S3. The Morgan fingerprint density at radius 2 is 1.00 bits per heavy atom. The lowest BCUT2D eigenvalue weighted by Crippen LogP contribution is -2.79. The minimum Gasteiger partial charge on any atom is -0.396 e. The van der Waals surface area contributed by atoms with Gasteiger partial charge in [-0.3, -0.25) is 38.8 Å². The number of H-pyrrole nitrogens is 3. The summed E-state index contributed by atoms with van der Waals surface area (Å²) in [5.41, 5.74) is 60.0. The Labute approximate surface area is 847 Å². The van der Waals surface area contributed by atoms with Crippen LogP contribution < -0.4 is 33.2 Å². The lowest BCUT2D eigenvalue weighted by atomic mass is 8.40. The van der Waals surface area contributed by atoms with Crippen LogP contribution in [0.4, 0.5) is 31.4 Å². The Bertz CT molecular complexity index is 6290. The number of nitrogens with zero attached hydrogens (tertiary/aromatic N) is 8. The molecule has 0 aliphatic heterocycles. The molecule has 6 aromatic heterocycles. The number of nitrogens with one attached hydrogen (secondary N) is 5. The highest BCUT2D eigenvalue weighted by Gasteiger charge is 2.43. The number of halogens is 4. The SMILES string of the molecule is C.C.C.C.C.C=C=C=C=C=C=C=C=C=C=C=C=C=C=C=C=C=C=C.C=Cc1ccc(F)c(C#N)c1.CCCCO.CCOC(Cl)CCl.CCc1ccc2[nH]nc(N)c2c1.CCc1ccc2[nH]nc(NC(N)=S)c2c1.CCc1ccc2[nH]nc(Nc3nccs3)c2c1.N#Cc1cc(C=O)ccc1F.O=c1ccccn1C(=S)n1ccccc1=O.[B][B]B([B])B(B(B([B])[B])B([B])[B])B(B([B])[B])B([B])[B]. The monoisotopic (exact) mass is 1890 g/mol. The maximum absolute atomic E-state index is 12.6. The number of fused-ring (bicyclic) bond motifs is 3. The molecule has 1 atom stereocenters. The maximum atomic E-state index is 12.6. The summed E-state index contributed by atoms with van der Waals surface area (Å²) in [5, 5.41) is 58.3. The van der Waals surface area contributed by atoms with Gasteiger partial charge in [0, 0.05) is 207 Å². The highest BCUT2D eigenvalue weighted by atomic mass is 35.5. The second-order valence-corrected chi connectivity index (χ2v) is 28.7. The topological polar surface area (TPSA) is 313 Å². The predicted molar refractivity (Wildman–Crippen MR) is 597 cm³/mol. The van der Waals surface area contributed by atoms with E-state index in [1.807, 2.05) is 24.4 Å². The Hall–Kier alpha value is -12.6. The van der Waals surface area contributed by atoms with Gasteiger partial charge in [-0.2, -0.15) is 25.8 Å². The third-order valence-electron chi connectivity index (χ3n) is 17.1. The van der Waals surface area contributed by atoms with Crippen LogP contribution in [0.5, 0.6) is 0 Å². The van der Waals surface area contributed by atoms with Gasteiger partial charge < -0.3 is 31.9 Å². The molecule has 20 nitrogen and oxygen atoms in total. The van der Waals surface area contributed by atoms with Crippen LogP contribution in [0.25, 0.3) is 38.8 Å². The third kappa shape index (κ3) is 49.6. The fourth-order valence-corrected chi connectivity index (χ4v) is 11.8. The Morgan fingerprint density at radius 1 is 0.606 bits per heavy atom. The zero-order chi connectivity index (χ0) is 98.3. The Morgan fingerprint density at radius 3 is 1.33 bits per heavy atom. The summed E-state index contributed by atoms with van der Waals surface area (Å²) >= 11 is 22.1. The first-order valence-electron chi connectivity index (χ1n) is 39.8. The number of aliphatic hydroxyl groups excluding tert-OH is 1. The molecule has 0 saturated carbocycles. The van der Waals surface area contributed by atoms with Crippen molar-refractivity contribution in [2.24, 2.45) is 5.73 Å². The number of benzene rings is 5. The predicted octanol–water partition coefficient (Wildman–Crippen LogP) is 13.3. The number of ether oxygens (including phenoxy) is 1. The lowest BCUT2D eigenvalue weighted by Gasteiger charge is -2.41. The van der Waals surface area contributed by atoms with E-state index in [4.69, 9.17) is 157 Å². The molecule has 0 fully saturated rings. The molecule has 0 aliphatic carbocycles. The summed E-state index contributed by atoms with van der Waals surface area (Å²) in [5.74, 6) is 1.38. The van der Waals surface area contributed by atoms with Crippen molar-refractivity contribution in [3.05, 3.63) is 340 Å². The summed E-state index contributed by atoms with van der Waals surface area (Å²) < 4.78 is 32.5. The van der Waals surface area contributed by atoms with Gasteiger partial charge in [-0.05, 0) is 257 Å². The van der Waals surface area contributed by atoms with Gasteiger partial charge in [-0.1, -0.05) is 143 Å². The highest BCUT2D eigenvalue weighted by molar-refractivity contribution is 8.18. The van der Waals surface area contributed by atoms with Crippen LogP contribution in [0.3, 0.4) is 0 Å². The van der Waals surface area contributed by atoms with Gasteiger partial charge in [0.2, 0.25) is 0 Å². The molecule has 137 heavy (non-hydrogen) atoms. The first-order valence-corrected chi connectivity index (χ1v) is 42.4. The van der Waals surface area contributed by atoms with Crippen molar-refractivity contribution >= 4 is 272 Å². The number of thiocarbonyl (C=S) groups is 2. The number of hydrogen-bond acceptors (Lipinski definition) is 16. The molecule has 0 saturated heterocycles. The van der Waals surface area contributed by atoms with E-state index in [9.17, 15) is 23.2 Å². The summed E-state index contributed by atoms with van der Waals surface area (Å²) in [6.45, 7) is 21.4. The van der Waals surface area contributed by atoms with Crippen molar-refractivity contribution in [1.82, 2.24) is 44.7 Å². The molecule has 11 rings (SSSR count). The van der Waals surface area contributed by atoms with Crippen LogP contribution in [0, 0.1) is 34.3 Å². The summed E-state index contributed by atoms with van der Waals surface area (Å²) in [4.78, 5) is 37.4. The molecule has 6 heterocycles. The van der Waals surface area contributed by atoms with Crippen LogP contribution in [0.2, 0.25) is 0 Å². The number of aliphatic hydroxyl groups is 1. The molecule has 0 bridgehead atoms. The van der Waals surface area contributed by atoms with Crippen molar-refractivity contribution in [3.63, 3.8) is 0 Å². The second-order valence-electron chi connectivity index (χ2n) is 26.2. The number of carbonyl (C=O) groups is 1. The fourth-order valence-electron chi connectivity index (χ4n) is 10.6. The number of carbonyl (C=O) groups excluding carboxylic acids is 1. The minimum absolute atomic E-state index is 0. The average Bonchev–Trinajstić information content (AvgIpc) is 1.56. The molecule has 46 heteroatoms. The number of unbranched alkanes of at least 4 members (excludes halogenated alkanes) is 1. The second kappa shape index (κ2) is 76.6. The maximum Gasteiger partial charge on any atom is 0.256 e. The van der Waals surface area contributed by atoms with E-state index in [1.165, 1.54) is 81.7 Å². The van der Waals surface area contributed by atoms with Gasteiger partial charge in [-0.15, -0.1) is 22.9 Å². The van der Waals surface area contributed by atoms with E-state index in [-0.39, 0.29) is 75.2 Å². The van der Waals surface area contributed by atoms with Gasteiger partial charge in [0.1, 0.15) is 35.6 Å². The number of nitriles is 2. The van der Waals surface area contributed by atoms with Crippen LogP contribution >= 0.6 is 59.0 Å². The minimum atomic E-state index is -0.837. The van der Waals surface area contributed by atoms with E-state index in [1.54, 1.807) is 66.1 Å². The number of aldehydes is 1. The molecule has 0 amide bonds. The van der Waals surface area contributed by atoms with E-state index >= 15 is 0 Å². The van der Waals surface area contributed by atoms with Crippen LogP contribution in [-0.2, 0) is 24.0 Å². The first-order chi connectivity index (χ1) is 63.4.